The number of hydrogen-bond donors (Lipinski definition) is 1. The molecule has 0 saturated carbocycles. The van der Waals surface area contributed by atoms with Crippen LogP contribution in [-0.2, 0) is 20.7 Å². The number of aryl methyl sites for hydroxylation is 1. The van der Waals surface area contributed by atoms with Crippen molar-refractivity contribution in [1.29, 1.82) is 0 Å². The number of rotatable bonds is 10. The highest BCUT2D eigenvalue weighted by molar-refractivity contribution is 5.76. The zero-order valence-corrected chi connectivity index (χ0v) is 14.6. The fraction of sp³-hybridized carbons (Fsp3) is 0.529. The summed E-state index contributed by atoms with van der Waals surface area (Å²) in [5.74, 6) is 1.29. The van der Waals surface area contributed by atoms with Crippen LogP contribution in [0.4, 0.5) is 0 Å². The Hall–Kier alpha value is -2.44. The summed E-state index contributed by atoms with van der Waals surface area (Å²) in [5.41, 5.74) is 0.911. The molecule has 0 saturated heterocycles. The summed E-state index contributed by atoms with van der Waals surface area (Å²) in [6.45, 7) is 0.448. The molecule has 0 spiro atoms. The SMILES string of the molecule is COC(=O)CCCNC(=O)CCc1cc(OC)c(OC)c(OC)c1. The maximum absolute atomic E-state index is 11.8. The van der Waals surface area contributed by atoms with Gasteiger partial charge in [0, 0.05) is 19.4 Å². The van der Waals surface area contributed by atoms with Crippen molar-refractivity contribution in [2.75, 3.05) is 35.0 Å². The van der Waals surface area contributed by atoms with E-state index in [2.05, 4.69) is 10.1 Å². The van der Waals surface area contributed by atoms with Gasteiger partial charge in [-0.05, 0) is 30.5 Å². The first kappa shape index (κ1) is 19.6. The van der Waals surface area contributed by atoms with E-state index in [9.17, 15) is 9.59 Å². The first-order chi connectivity index (χ1) is 11.5. The quantitative estimate of drug-likeness (QED) is 0.516. The third-order valence-electron chi connectivity index (χ3n) is 3.47. The van der Waals surface area contributed by atoms with Gasteiger partial charge < -0.3 is 24.3 Å². The van der Waals surface area contributed by atoms with Crippen molar-refractivity contribution < 1.29 is 28.5 Å². The van der Waals surface area contributed by atoms with Crippen molar-refractivity contribution in [2.24, 2.45) is 0 Å². The monoisotopic (exact) mass is 339 g/mol. The predicted molar refractivity (Wildman–Crippen MR) is 88.7 cm³/mol. The average molecular weight is 339 g/mol. The van der Waals surface area contributed by atoms with Crippen molar-refractivity contribution in [1.82, 2.24) is 5.32 Å². The van der Waals surface area contributed by atoms with Gasteiger partial charge in [0.05, 0.1) is 28.4 Å². The number of methoxy groups -OCH3 is 4. The van der Waals surface area contributed by atoms with Crippen molar-refractivity contribution >= 4 is 11.9 Å². The molecule has 1 aromatic carbocycles. The summed E-state index contributed by atoms with van der Waals surface area (Å²) in [5, 5.41) is 2.78. The van der Waals surface area contributed by atoms with Crippen LogP contribution in [0.25, 0.3) is 0 Å². The number of carbonyl (C=O) groups is 2. The smallest absolute Gasteiger partial charge is 0.305 e. The van der Waals surface area contributed by atoms with Gasteiger partial charge in [-0.25, -0.2) is 0 Å². The minimum atomic E-state index is -0.276. The van der Waals surface area contributed by atoms with E-state index in [1.54, 1.807) is 21.3 Å². The molecule has 0 bridgehead atoms. The second kappa shape index (κ2) is 10.4. The van der Waals surface area contributed by atoms with E-state index in [4.69, 9.17) is 14.2 Å². The maximum atomic E-state index is 11.8. The molecule has 0 radical (unpaired) electrons. The summed E-state index contributed by atoms with van der Waals surface area (Å²) in [6.07, 6.45) is 1.72. The Kier molecular flexibility index (Phi) is 8.46. The molecule has 1 rings (SSSR count). The molecule has 7 nitrogen and oxygen atoms in total. The van der Waals surface area contributed by atoms with E-state index >= 15 is 0 Å². The second-order valence-electron chi connectivity index (χ2n) is 5.06. The number of carbonyl (C=O) groups excluding carboxylic acids is 2. The Morgan fingerprint density at radius 1 is 0.958 bits per heavy atom. The number of esters is 1. The van der Waals surface area contributed by atoms with E-state index < -0.39 is 0 Å². The fourth-order valence-electron chi connectivity index (χ4n) is 2.19. The van der Waals surface area contributed by atoms with Crippen LogP contribution in [0.2, 0.25) is 0 Å². The van der Waals surface area contributed by atoms with Crippen LogP contribution in [0.3, 0.4) is 0 Å². The van der Waals surface area contributed by atoms with Crippen molar-refractivity contribution in [3.8, 4) is 17.2 Å². The third-order valence-corrected chi connectivity index (χ3v) is 3.47. The van der Waals surface area contributed by atoms with Crippen molar-refractivity contribution in [2.45, 2.75) is 25.7 Å². The summed E-state index contributed by atoms with van der Waals surface area (Å²) >= 11 is 0. The van der Waals surface area contributed by atoms with Gasteiger partial charge in [0.1, 0.15) is 0 Å². The molecule has 0 aliphatic rings. The van der Waals surface area contributed by atoms with Gasteiger partial charge in [-0.2, -0.15) is 0 Å². The summed E-state index contributed by atoms with van der Waals surface area (Å²) < 4.78 is 20.4. The zero-order chi connectivity index (χ0) is 17.9. The minimum Gasteiger partial charge on any atom is -0.493 e. The van der Waals surface area contributed by atoms with E-state index in [1.807, 2.05) is 12.1 Å². The van der Waals surface area contributed by atoms with Gasteiger partial charge in [-0.3, -0.25) is 9.59 Å². The van der Waals surface area contributed by atoms with Crippen LogP contribution in [-0.4, -0.2) is 46.9 Å². The number of nitrogens with one attached hydrogen (secondary N) is 1. The van der Waals surface area contributed by atoms with Gasteiger partial charge in [-0.15, -0.1) is 0 Å². The first-order valence-corrected chi connectivity index (χ1v) is 7.68. The van der Waals surface area contributed by atoms with Crippen LogP contribution >= 0.6 is 0 Å². The van der Waals surface area contributed by atoms with E-state index in [-0.39, 0.29) is 11.9 Å². The van der Waals surface area contributed by atoms with Crippen molar-refractivity contribution in [3.63, 3.8) is 0 Å². The average Bonchev–Trinajstić information content (AvgIpc) is 2.61. The van der Waals surface area contributed by atoms with Crippen LogP contribution in [0, 0.1) is 0 Å². The molecule has 0 fully saturated rings. The lowest BCUT2D eigenvalue weighted by Crippen LogP contribution is -2.25. The molecular weight excluding hydrogens is 314 g/mol. The highest BCUT2D eigenvalue weighted by Crippen LogP contribution is 2.38. The molecule has 24 heavy (non-hydrogen) atoms. The standard InChI is InChI=1S/C17H25NO6/c1-21-13-10-12(11-14(22-2)17(13)24-4)7-8-15(19)18-9-5-6-16(20)23-3/h10-11H,5-9H2,1-4H3,(H,18,19). The Morgan fingerprint density at radius 3 is 2.08 bits per heavy atom. The Balaban J connectivity index is 2.52. The molecule has 134 valence electrons. The summed E-state index contributed by atoms with van der Waals surface area (Å²) in [4.78, 5) is 22.8. The molecular formula is C17H25NO6. The van der Waals surface area contributed by atoms with Crippen LogP contribution in [0.1, 0.15) is 24.8 Å². The lowest BCUT2D eigenvalue weighted by atomic mass is 10.1. The number of benzene rings is 1. The molecule has 1 amide bonds. The van der Waals surface area contributed by atoms with Crippen molar-refractivity contribution in [3.05, 3.63) is 17.7 Å². The maximum Gasteiger partial charge on any atom is 0.305 e. The molecule has 0 aliphatic heterocycles. The Morgan fingerprint density at radius 2 is 1.58 bits per heavy atom. The van der Waals surface area contributed by atoms with Gasteiger partial charge in [0.15, 0.2) is 11.5 Å². The molecule has 1 N–H and O–H groups in total. The van der Waals surface area contributed by atoms with Crippen LogP contribution in [0.5, 0.6) is 17.2 Å². The van der Waals surface area contributed by atoms with Gasteiger partial charge >= 0.3 is 5.97 Å². The minimum absolute atomic E-state index is 0.0754. The molecule has 0 unspecified atom stereocenters. The van der Waals surface area contributed by atoms with E-state index in [0.717, 1.165) is 5.56 Å². The summed E-state index contributed by atoms with van der Waals surface area (Å²) in [7, 11) is 5.99. The lowest BCUT2D eigenvalue weighted by Gasteiger charge is -2.14. The normalized spacial score (nSPS) is 10.0. The fourth-order valence-corrected chi connectivity index (χ4v) is 2.19. The number of ether oxygens (including phenoxy) is 4. The topological polar surface area (TPSA) is 83.1 Å². The third kappa shape index (κ3) is 5.98. The molecule has 1 aromatic rings. The molecule has 7 heteroatoms. The van der Waals surface area contributed by atoms with Gasteiger partial charge in [0.25, 0.3) is 0 Å². The Bertz CT molecular complexity index is 533. The highest BCUT2D eigenvalue weighted by Gasteiger charge is 2.13. The number of hydrogen-bond acceptors (Lipinski definition) is 6. The molecule has 0 atom stereocenters. The van der Waals surface area contributed by atoms with Gasteiger partial charge in [0.2, 0.25) is 11.7 Å². The van der Waals surface area contributed by atoms with E-state index in [0.29, 0.717) is 49.5 Å². The first-order valence-electron chi connectivity index (χ1n) is 7.68. The zero-order valence-electron chi connectivity index (χ0n) is 14.6. The van der Waals surface area contributed by atoms with E-state index in [1.165, 1.54) is 7.11 Å². The molecule has 0 aromatic heterocycles. The molecule has 0 heterocycles. The summed E-state index contributed by atoms with van der Waals surface area (Å²) in [6, 6.07) is 3.65. The lowest BCUT2D eigenvalue weighted by molar-refractivity contribution is -0.140. The second-order valence-corrected chi connectivity index (χ2v) is 5.06. The number of amides is 1. The highest BCUT2D eigenvalue weighted by atomic mass is 16.5. The largest absolute Gasteiger partial charge is 0.493 e. The van der Waals surface area contributed by atoms with Gasteiger partial charge in [-0.1, -0.05) is 0 Å². The molecule has 0 aliphatic carbocycles. The predicted octanol–water partition coefficient (Wildman–Crippen LogP) is 1.71. The Labute approximate surface area is 142 Å². The van der Waals surface area contributed by atoms with Crippen LogP contribution in [0.15, 0.2) is 12.1 Å². The van der Waals surface area contributed by atoms with Crippen LogP contribution < -0.4 is 19.5 Å².